The third kappa shape index (κ3) is 4.71. The van der Waals surface area contributed by atoms with E-state index in [-0.39, 0.29) is 35.3 Å². The second kappa shape index (κ2) is 8.05. The molecule has 152 valence electrons. The zero-order valence-corrected chi connectivity index (χ0v) is 17.7. The maximum Gasteiger partial charge on any atom is 0.410 e. The van der Waals surface area contributed by atoms with Crippen molar-refractivity contribution in [1.29, 1.82) is 5.26 Å². The van der Waals surface area contributed by atoms with Crippen LogP contribution in [-0.2, 0) is 4.74 Å². The van der Waals surface area contributed by atoms with Crippen LogP contribution >= 0.6 is 0 Å². The topological polar surface area (TPSA) is 89.8 Å². The molecular formula is C20H29N5O3. The fourth-order valence-electron chi connectivity index (χ4n) is 3.31. The van der Waals surface area contributed by atoms with Crippen LogP contribution in [0.1, 0.15) is 50.7 Å². The lowest BCUT2D eigenvalue weighted by Gasteiger charge is -2.44. The first-order valence-electron chi connectivity index (χ1n) is 9.33. The first-order valence-corrected chi connectivity index (χ1v) is 9.33. The van der Waals surface area contributed by atoms with Crippen molar-refractivity contribution in [2.24, 2.45) is 0 Å². The van der Waals surface area contributed by atoms with Crippen molar-refractivity contribution in [3.8, 4) is 6.07 Å². The van der Waals surface area contributed by atoms with Crippen molar-refractivity contribution >= 4 is 17.8 Å². The van der Waals surface area contributed by atoms with Gasteiger partial charge >= 0.3 is 6.09 Å². The highest BCUT2D eigenvalue weighted by Crippen LogP contribution is 2.24. The van der Waals surface area contributed by atoms with Crippen LogP contribution < -0.4 is 4.90 Å². The number of nitriles is 1. The van der Waals surface area contributed by atoms with Gasteiger partial charge in [-0.3, -0.25) is 9.69 Å². The molecule has 0 spiro atoms. The average Bonchev–Trinajstić information content (AvgIpc) is 2.58. The highest BCUT2D eigenvalue weighted by molar-refractivity contribution is 5.96. The molecule has 2 amide bonds. The van der Waals surface area contributed by atoms with Crippen molar-refractivity contribution in [2.45, 2.75) is 52.3 Å². The van der Waals surface area contributed by atoms with E-state index in [1.54, 1.807) is 31.1 Å². The third-order valence-corrected chi connectivity index (χ3v) is 4.47. The lowest BCUT2D eigenvalue weighted by atomic mass is 10.1. The summed E-state index contributed by atoms with van der Waals surface area (Å²) < 4.78 is 5.53. The van der Waals surface area contributed by atoms with E-state index in [1.165, 1.54) is 4.90 Å². The van der Waals surface area contributed by atoms with Gasteiger partial charge in [0.15, 0.2) is 5.69 Å². The molecule has 28 heavy (non-hydrogen) atoms. The second-order valence-electron chi connectivity index (χ2n) is 8.37. The van der Waals surface area contributed by atoms with E-state index in [2.05, 4.69) is 4.98 Å². The predicted octanol–water partition coefficient (Wildman–Crippen LogP) is 2.49. The molecule has 1 aromatic heterocycles. The van der Waals surface area contributed by atoms with Gasteiger partial charge in [-0.05, 0) is 46.8 Å². The first kappa shape index (κ1) is 21.5. The van der Waals surface area contributed by atoms with Gasteiger partial charge in [-0.1, -0.05) is 0 Å². The molecule has 1 aromatic rings. The van der Waals surface area contributed by atoms with E-state index in [1.807, 2.05) is 45.6 Å². The lowest BCUT2D eigenvalue weighted by Crippen LogP contribution is -2.59. The standard InChI is InChI=1S/C20H29N5O3/c1-13-11-24(12-14(2)25(13)19(27)28-20(3,4)5)17-9-8-15(16(10-21)22-17)18(26)23(6)7/h8-9,13-14H,11-12H2,1-7H3/t13-,14+. The summed E-state index contributed by atoms with van der Waals surface area (Å²) in [7, 11) is 3.27. The van der Waals surface area contributed by atoms with Crippen LogP contribution in [0.3, 0.4) is 0 Å². The summed E-state index contributed by atoms with van der Waals surface area (Å²) in [6.07, 6.45) is -0.329. The van der Waals surface area contributed by atoms with Gasteiger partial charge in [0, 0.05) is 27.2 Å². The maximum absolute atomic E-state index is 12.5. The van der Waals surface area contributed by atoms with Crippen molar-refractivity contribution in [3.63, 3.8) is 0 Å². The number of ether oxygens (including phenoxy) is 1. The molecule has 0 radical (unpaired) electrons. The Morgan fingerprint density at radius 2 is 1.79 bits per heavy atom. The van der Waals surface area contributed by atoms with Gasteiger partial charge in [0.05, 0.1) is 17.6 Å². The number of nitrogens with zero attached hydrogens (tertiary/aromatic N) is 5. The van der Waals surface area contributed by atoms with Gasteiger partial charge in [-0.25, -0.2) is 9.78 Å². The number of amides is 2. The molecule has 2 heterocycles. The van der Waals surface area contributed by atoms with Crippen LogP contribution in [0, 0.1) is 11.3 Å². The third-order valence-electron chi connectivity index (χ3n) is 4.47. The number of carbonyl (C=O) groups is 2. The minimum absolute atomic E-state index is 0.0889. The number of piperazine rings is 1. The van der Waals surface area contributed by atoms with E-state index < -0.39 is 5.60 Å². The smallest absolute Gasteiger partial charge is 0.410 e. The fourth-order valence-corrected chi connectivity index (χ4v) is 3.31. The van der Waals surface area contributed by atoms with Crippen molar-refractivity contribution < 1.29 is 14.3 Å². The summed E-state index contributed by atoms with van der Waals surface area (Å²) in [6, 6.07) is 5.23. The predicted molar refractivity (Wildman–Crippen MR) is 106 cm³/mol. The molecule has 1 aliphatic rings. The summed E-state index contributed by atoms with van der Waals surface area (Å²) in [4.78, 5) is 34.3. The molecule has 2 rings (SSSR count). The van der Waals surface area contributed by atoms with Gasteiger partial charge in [-0.2, -0.15) is 5.26 Å². The molecule has 0 aromatic carbocycles. The van der Waals surface area contributed by atoms with Gasteiger partial charge in [0.1, 0.15) is 17.5 Å². The number of aromatic nitrogens is 1. The highest BCUT2D eigenvalue weighted by atomic mass is 16.6. The summed E-state index contributed by atoms with van der Waals surface area (Å²) in [5.41, 5.74) is -0.165. The quantitative estimate of drug-likeness (QED) is 0.774. The summed E-state index contributed by atoms with van der Waals surface area (Å²) >= 11 is 0. The zero-order chi connectivity index (χ0) is 21.2. The number of rotatable bonds is 2. The summed E-state index contributed by atoms with van der Waals surface area (Å²) in [5.74, 6) is 0.362. The molecule has 1 fully saturated rings. The molecule has 0 unspecified atom stereocenters. The Balaban J connectivity index is 2.22. The molecule has 1 aliphatic heterocycles. The molecule has 0 saturated carbocycles. The Kier molecular flexibility index (Phi) is 6.17. The van der Waals surface area contributed by atoms with Crippen LogP contribution in [0.25, 0.3) is 0 Å². The Hall–Kier alpha value is -2.82. The molecule has 0 aliphatic carbocycles. The number of anilines is 1. The van der Waals surface area contributed by atoms with Gasteiger partial charge in [0.25, 0.3) is 5.91 Å². The Labute approximate surface area is 166 Å². The fraction of sp³-hybridized carbons (Fsp3) is 0.600. The molecule has 2 atom stereocenters. The van der Waals surface area contributed by atoms with E-state index in [4.69, 9.17) is 4.74 Å². The minimum Gasteiger partial charge on any atom is -0.444 e. The monoisotopic (exact) mass is 387 g/mol. The van der Waals surface area contributed by atoms with Gasteiger partial charge in [0.2, 0.25) is 0 Å². The van der Waals surface area contributed by atoms with E-state index in [0.29, 0.717) is 18.9 Å². The normalized spacial score (nSPS) is 19.8. The van der Waals surface area contributed by atoms with Crippen LogP contribution in [-0.4, -0.2) is 71.7 Å². The first-order chi connectivity index (χ1) is 12.9. The molecule has 8 heteroatoms. The lowest BCUT2D eigenvalue weighted by molar-refractivity contribution is 0.00559. The molecule has 8 nitrogen and oxygen atoms in total. The van der Waals surface area contributed by atoms with E-state index in [9.17, 15) is 14.9 Å². The number of pyridine rings is 1. The van der Waals surface area contributed by atoms with E-state index >= 15 is 0 Å². The number of carbonyl (C=O) groups excluding carboxylic acids is 2. The Morgan fingerprint density at radius 3 is 2.25 bits per heavy atom. The number of hydrogen-bond acceptors (Lipinski definition) is 6. The summed E-state index contributed by atoms with van der Waals surface area (Å²) in [5, 5.41) is 9.43. The minimum atomic E-state index is -0.550. The molecular weight excluding hydrogens is 358 g/mol. The Morgan fingerprint density at radius 1 is 1.21 bits per heavy atom. The van der Waals surface area contributed by atoms with Crippen molar-refractivity contribution in [2.75, 3.05) is 32.1 Å². The zero-order valence-electron chi connectivity index (χ0n) is 17.7. The van der Waals surface area contributed by atoms with Crippen LogP contribution in [0.2, 0.25) is 0 Å². The van der Waals surface area contributed by atoms with E-state index in [0.717, 1.165) is 0 Å². The van der Waals surface area contributed by atoms with Gasteiger partial charge < -0.3 is 14.5 Å². The van der Waals surface area contributed by atoms with Crippen molar-refractivity contribution in [1.82, 2.24) is 14.8 Å². The second-order valence-corrected chi connectivity index (χ2v) is 8.37. The van der Waals surface area contributed by atoms with Crippen LogP contribution in [0.15, 0.2) is 12.1 Å². The summed E-state index contributed by atoms with van der Waals surface area (Å²) in [6.45, 7) is 10.6. The largest absolute Gasteiger partial charge is 0.444 e. The van der Waals surface area contributed by atoms with Crippen LogP contribution in [0.4, 0.5) is 10.6 Å². The SMILES string of the molecule is C[C@@H]1CN(c2ccc(C(=O)N(C)C)c(C#N)n2)C[C@H](C)N1C(=O)OC(C)(C)C. The van der Waals surface area contributed by atoms with Gasteiger partial charge in [-0.15, -0.1) is 0 Å². The molecule has 1 saturated heterocycles. The van der Waals surface area contributed by atoms with Crippen molar-refractivity contribution in [3.05, 3.63) is 23.4 Å². The molecule has 0 N–H and O–H groups in total. The highest BCUT2D eigenvalue weighted by Gasteiger charge is 2.36. The maximum atomic E-state index is 12.5. The molecule has 0 bridgehead atoms. The number of hydrogen-bond donors (Lipinski definition) is 0. The average molecular weight is 387 g/mol. The Bertz CT molecular complexity index is 782. The van der Waals surface area contributed by atoms with Crippen LogP contribution in [0.5, 0.6) is 0 Å².